The fourth-order valence-electron chi connectivity index (χ4n) is 2.46. The Morgan fingerprint density at radius 1 is 1.06 bits per heavy atom. The van der Waals surface area contributed by atoms with Gasteiger partial charge in [-0.25, -0.2) is 9.36 Å². The molecule has 0 aliphatic heterocycles. The Morgan fingerprint density at radius 3 is 2.24 bits per heavy atom. The maximum Gasteiger partial charge on any atom is 0.513 e. The van der Waals surface area contributed by atoms with Crippen LogP contribution in [0.15, 0.2) is 51.4 Å². The number of para-hydroxylation sites is 1. The SMILES string of the molecule is CC(C)OC(=O)CNP(=O)(Oc1ccccc1)Oc1c(Br)cc(C(=O)OCCN(C)C)cc1Br. The van der Waals surface area contributed by atoms with Gasteiger partial charge in [-0.15, -0.1) is 0 Å². The van der Waals surface area contributed by atoms with Crippen molar-refractivity contribution in [1.82, 2.24) is 9.99 Å². The Balaban J connectivity index is 2.24. The summed E-state index contributed by atoms with van der Waals surface area (Å²) in [6.45, 7) is 3.81. The zero-order valence-corrected chi connectivity index (χ0v) is 23.3. The summed E-state index contributed by atoms with van der Waals surface area (Å²) in [5.74, 6) is -0.768. The van der Waals surface area contributed by atoms with Crippen molar-refractivity contribution in [2.45, 2.75) is 20.0 Å². The van der Waals surface area contributed by atoms with Gasteiger partial charge in [0.25, 0.3) is 0 Å². The molecule has 0 saturated carbocycles. The average molecular weight is 622 g/mol. The zero-order chi connectivity index (χ0) is 25.3. The molecular formula is C22H27Br2N2O7P. The highest BCUT2D eigenvalue weighted by molar-refractivity contribution is 9.11. The summed E-state index contributed by atoms with van der Waals surface area (Å²) in [5, 5.41) is 2.53. The summed E-state index contributed by atoms with van der Waals surface area (Å²) in [4.78, 5) is 26.3. The normalized spacial score (nSPS) is 12.8. The van der Waals surface area contributed by atoms with Crippen molar-refractivity contribution in [3.05, 3.63) is 57.0 Å². The molecule has 1 unspecified atom stereocenters. The van der Waals surface area contributed by atoms with Gasteiger partial charge in [0.1, 0.15) is 18.9 Å². The third kappa shape index (κ3) is 9.38. The zero-order valence-electron chi connectivity index (χ0n) is 19.2. The smallest absolute Gasteiger partial charge is 0.462 e. The third-order valence-corrected chi connectivity index (χ3v) is 6.57. The molecule has 34 heavy (non-hydrogen) atoms. The predicted octanol–water partition coefficient (Wildman–Crippen LogP) is 5.04. The standard InChI is InChI=1S/C22H27Br2N2O7P/c1-15(2)31-20(27)14-25-34(29,32-17-8-6-5-7-9-17)33-21-18(23)12-16(13-19(21)24)22(28)30-11-10-26(3)4/h5-9,12-13,15H,10-11,14H2,1-4H3,(H,25,29). The lowest BCUT2D eigenvalue weighted by molar-refractivity contribution is -0.145. The number of hydrogen-bond acceptors (Lipinski definition) is 8. The Hall–Kier alpha value is -1.91. The largest absolute Gasteiger partial charge is 0.513 e. The van der Waals surface area contributed by atoms with Crippen molar-refractivity contribution in [3.63, 3.8) is 0 Å². The summed E-state index contributed by atoms with van der Waals surface area (Å²) in [5.41, 5.74) is 0.261. The Bertz CT molecular complexity index is 1010. The van der Waals surface area contributed by atoms with Crippen molar-refractivity contribution >= 4 is 51.5 Å². The van der Waals surface area contributed by atoms with Gasteiger partial charge in [0, 0.05) is 6.54 Å². The third-order valence-electron chi connectivity index (χ3n) is 3.97. The Morgan fingerprint density at radius 2 is 1.68 bits per heavy atom. The first-order valence-electron chi connectivity index (χ1n) is 10.3. The van der Waals surface area contributed by atoms with Crippen LogP contribution in [0.25, 0.3) is 0 Å². The number of likely N-dealkylation sites (N-methyl/N-ethyl adjacent to an activating group) is 1. The number of esters is 2. The van der Waals surface area contributed by atoms with Crippen molar-refractivity contribution in [2.24, 2.45) is 0 Å². The minimum absolute atomic E-state index is 0.105. The van der Waals surface area contributed by atoms with E-state index in [4.69, 9.17) is 18.5 Å². The highest BCUT2D eigenvalue weighted by Crippen LogP contribution is 2.49. The second-order valence-electron chi connectivity index (χ2n) is 7.57. The number of carbonyl (C=O) groups excluding carboxylic acids is 2. The van der Waals surface area contributed by atoms with Gasteiger partial charge >= 0.3 is 19.7 Å². The average Bonchev–Trinajstić information content (AvgIpc) is 2.75. The minimum Gasteiger partial charge on any atom is -0.462 e. The van der Waals surface area contributed by atoms with Gasteiger partial charge in [-0.3, -0.25) is 4.79 Å². The van der Waals surface area contributed by atoms with Gasteiger partial charge in [0.2, 0.25) is 0 Å². The van der Waals surface area contributed by atoms with E-state index in [1.165, 1.54) is 12.1 Å². The van der Waals surface area contributed by atoms with E-state index in [-0.39, 0.29) is 29.8 Å². The second-order valence-corrected chi connectivity index (χ2v) is 11.0. The van der Waals surface area contributed by atoms with E-state index in [1.54, 1.807) is 44.2 Å². The maximum absolute atomic E-state index is 13.6. The van der Waals surface area contributed by atoms with Gasteiger partial charge in [-0.2, -0.15) is 5.09 Å². The maximum atomic E-state index is 13.6. The molecule has 0 fully saturated rings. The van der Waals surface area contributed by atoms with Crippen molar-refractivity contribution < 1.29 is 32.7 Å². The molecule has 9 nitrogen and oxygen atoms in total. The van der Waals surface area contributed by atoms with E-state index in [9.17, 15) is 14.2 Å². The first-order chi connectivity index (χ1) is 16.0. The molecule has 0 radical (unpaired) electrons. The van der Waals surface area contributed by atoms with Crippen molar-refractivity contribution in [3.8, 4) is 11.5 Å². The molecule has 0 heterocycles. The number of ether oxygens (including phenoxy) is 2. The topological polar surface area (TPSA) is 103 Å². The number of rotatable bonds is 12. The minimum atomic E-state index is -4.11. The summed E-state index contributed by atoms with van der Waals surface area (Å²) in [6, 6.07) is 11.3. The molecule has 0 aliphatic carbocycles. The number of halogens is 2. The molecule has 2 aromatic carbocycles. The van der Waals surface area contributed by atoms with Crippen LogP contribution in [0.4, 0.5) is 0 Å². The molecule has 1 N–H and O–H groups in total. The van der Waals surface area contributed by atoms with Gasteiger partial charge in [0.05, 0.1) is 20.6 Å². The number of nitrogens with one attached hydrogen (secondary N) is 1. The highest BCUT2D eigenvalue weighted by Gasteiger charge is 2.32. The number of benzene rings is 2. The second kappa shape index (κ2) is 13.3. The monoisotopic (exact) mass is 620 g/mol. The Labute approximate surface area is 215 Å². The van der Waals surface area contributed by atoms with Crippen LogP contribution in [0.5, 0.6) is 11.5 Å². The summed E-state index contributed by atoms with van der Waals surface area (Å²) in [7, 11) is -0.365. The predicted molar refractivity (Wildman–Crippen MR) is 135 cm³/mol. The van der Waals surface area contributed by atoms with Gasteiger partial charge in [-0.1, -0.05) is 18.2 Å². The summed E-state index contributed by atoms with van der Waals surface area (Å²) in [6.07, 6.45) is -0.335. The fourth-order valence-corrected chi connectivity index (χ4v) is 5.38. The number of carbonyl (C=O) groups is 2. The van der Waals surface area contributed by atoms with Crippen LogP contribution in [0.1, 0.15) is 24.2 Å². The van der Waals surface area contributed by atoms with Gasteiger partial charge in [-0.05, 0) is 84.1 Å². The first kappa shape index (κ1) is 28.3. The van der Waals surface area contributed by atoms with E-state index in [0.29, 0.717) is 15.5 Å². The molecule has 12 heteroatoms. The quantitative estimate of drug-likeness (QED) is 0.258. The van der Waals surface area contributed by atoms with Crippen LogP contribution in [0, 0.1) is 0 Å². The number of hydrogen-bond donors (Lipinski definition) is 1. The van der Waals surface area contributed by atoms with Crippen LogP contribution in [0.3, 0.4) is 0 Å². The van der Waals surface area contributed by atoms with E-state index in [1.807, 2.05) is 19.0 Å². The molecule has 1 atom stereocenters. The summed E-state index contributed by atoms with van der Waals surface area (Å²) >= 11 is 6.68. The van der Waals surface area contributed by atoms with Crippen molar-refractivity contribution in [1.29, 1.82) is 0 Å². The lowest BCUT2D eigenvalue weighted by Gasteiger charge is -2.22. The molecule has 0 aliphatic rings. The molecule has 0 saturated heterocycles. The summed E-state index contributed by atoms with van der Waals surface area (Å²) < 4.78 is 35.9. The molecule has 0 aromatic heterocycles. The van der Waals surface area contributed by atoms with Crippen LogP contribution in [-0.2, 0) is 18.8 Å². The van der Waals surface area contributed by atoms with E-state index < -0.39 is 26.2 Å². The van der Waals surface area contributed by atoms with E-state index in [0.717, 1.165) is 0 Å². The molecular weight excluding hydrogens is 595 g/mol. The molecule has 0 bridgehead atoms. The lowest BCUT2D eigenvalue weighted by Crippen LogP contribution is -2.28. The Kier molecular flexibility index (Phi) is 11.0. The van der Waals surface area contributed by atoms with Crippen LogP contribution < -0.4 is 14.1 Å². The van der Waals surface area contributed by atoms with E-state index in [2.05, 4.69) is 36.9 Å². The molecule has 0 amide bonds. The molecule has 186 valence electrons. The van der Waals surface area contributed by atoms with Crippen LogP contribution >= 0.6 is 39.6 Å². The van der Waals surface area contributed by atoms with Crippen LogP contribution in [-0.4, -0.2) is 56.7 Å². The molecule has 0 spiro atoms. The van der Waals surface area contributed by atoms with E-state index >= 15 is 0 Å². The lowest BCUT2D eigenvalue weighted by atomic mass is 10.2. The molecule has 2 aromatic rings. The van der Waals surface area contributed by atoms with Crippen LogP contribution in [0.2, 0.25) is 0 Å². The number of nitrogens with zero attached hydrogens (tertiary/aromatic N) is 1. The fraction of sp³-hybridized carbons (Fsp3) is 0.364. The van der Waals surface area contributed by atoms with Gasteiger partial charge < -0.3 is 23.4 Å². The molecule has 2 rings (SSSR count). The highest BCUT2D eigenvalue weighted by atomic mass is 79.9. The van der Waals surface area contributed by atoms with Crippen molar-refractivity contribution in [2.75, 3.05) is 33.8 Å². The van der Waals surface area contributed by atoms with Gasteiger partial charge in [0.15, 0.2) is 5.75 Å². The first-order valence-corrected chi connectivity index (χ1v) is 13.4.